The molecule has 3 amide bonds. The molecule has 2 unspecified atom stereocenters. The molecule has 10 heteroatoms. The van der Waals surface area contributed by atoms with Crippen LogP contribution in [0.15, 0.2) is 120 Å². The first kappa shape index (κ1) is 34.4. The van der Waals surface area contributed by atoms with Crippen molar-refractivity contribution in [2.24, 2.45) is 0 Å². The van der Waals surface area contributed by atoms with Crippen molar-refractivity contribution in [1.29, 1.82) is 5.26 Å². The number of hydrogen-bond acceptors (Lipinski definition) is 6. The van der Waals surface area contributed by atoms with Crippen LogP contribution in [0.2, 0.25) is 0 Å². The minimum absolute atomic E-state index is 0.0294. The molecule has 7 nitrogen and oxygen atoms in total. The van der Waals surface area contributed by atoms with Gasteiger partial charge in [0.25, 0.3) is 11.8 Å². The molecule has 4 aromatic carbocycles. The molecule has 3 N–H and O–H groups in total. The lowest BCUT2D eigenvalue weighted by Crippen LogP contribution is -2.30. The molecular formula is C40H33FN4O3S2. The number of nitrogens with zero attached hydrogens (tertiary/aromatic N) is 1. The van der Waals surface area contributed by atoms with Gasteiger partial charge in [-0.15, -0.1) is 23.1 Å². The largest absolute Gasteiger partial charge is 0.321 e. The van der Waals surface area contributed by atoms with E-state index in [1.807, 2.05) is 24.3 Å². The van der Waals surface area contributed by atoms with E-state index in [4.69, 9.17) is 0 Å². The minimum atomic E-state index is -0.577. The van der Waals surface area contributed by atoms with E-state index in [-0.39, 0.29) is 11.6 Å². The molecule has 0 spiro atoms. The first-order chi connectivity index (χ1) is 24.3. The highest BCUT2D eigenvalue weighted by Crippen LogP contribution is 2.42. The van der Waals surface area contributed by atoms with E-state index in [0.717, 1.165) is 34.6 Å². The van der Waals surface area contributed by atoms with Gasteiger partial charge in [0.05, 0.1) is 10.8 Å². The zero-order chi connectivity index (χ0) is 35.0. The number of nitrogens with one attached hydrogen (secondary N) is 3. The second kappa shape index (κ2) is 15.8. The Labute approximate surface area is 298 Å². The van der Waals surface area contributed by atoms with Gasteiger partial charge in [-0.05, 0) is 97.3 Å². The van der Waals surface area contributed by atoms with Crippen LogP contribution in [-0.4, -0.2) is 23.0 Å². The fraction of sp³-hybridized carbons (Fsp3) is 0.150. The maximum atomic E-state index is 13.5. The van der Waals surface area contributed by atoms with Gasteiger partial charge in [0.1, 0.15) is 22.6 Å². The van der Waals surface area contributed by atoms with Gasteiger partial charge >= 0.3 is 0 Å². The maximum Gasteiger partial charge on any atom is 0.272 e. The van der Waals surface area contributed by atoms with E-state index in [1.54, 1.807) is 55.5 Å². The van der Waals surface area contributed by atoms with Crippen molar-refractivity contribution in [1.82, 2.24) is 5.32 Å². The van der Waals surface area contributed by atoms with Gasteiger partial charge in [0.15, 0.2) is 0 Å². The molecule has 5 aromatic rings. The third-order valence-electron chi connectivity index (χ3n) is 8.37. The number of fused-ring (bicyclic) bond motifs is 1. The van der Waals surface area contributed by atoms with E-state index < -0.39 is 22.9 Å². The molecule has 0 aliphatic heterocycles. The van der Waals surface area contributed by atoms with Gasteiger partial charge in [-0.2, -0.15) is 5.26 Å². The number of thioether (sulfide) groups is 1. The lowest BCUT2D eigenvalue weighted by atomic mass is 9.83. The highest BCUT2D eigenvalue weighted by molar-refractivity contribution is 8.00. The predicted molar refractivity (Wildman–Crippen MR) is 198 cm³/mol. The van der Waals surface area contributed by atoms with E-state index in [2.05, 4.69) is 34.2 Å². The van der Waals surface area contributed by atoms with Crippen LogP contribution >= 0.6 is 23.1 Å². The van der Waals surface area contributed by atoms with Crippen molar-refractivity contribution in [3.05, 3.63) is 153 Å². The number of hydrogen-bond donors (Lipinski definition) is 3. The zero-order valence-electron chi connectivity index (χ0n) is 27.1. The Morgan fingerprint density at radius 2 is 1.66 bits per heavy atom. The highest BCUT2D eigenvalue weighted by atomic mass is 32.2. The first-order valence-corrected chi connectivity index (χ1v) is 17.8. The quantitative estimate of drug-likeness (QED) is 0.0999. The summed E-state index contributed by atoms with van der Waals surface area (Å²) in [5.74, 6) is -1.32. The summed E-state index contributed by atoms with van der Waals surface area (Å²) in [6, 6.07) is 33.8. The molecule has 1 aromatic heterocycles. The standard InChI is InChI=1S/C40H33FN4O3S2/c1-25(37(46)45-40-34(24-42)33-20-17-29(22-36(33)50-40)27-9-4-2-5-10-27)49-32-14-8-13-31(23-32)43-39(48)35(21-26-15-18-30(41)19-16-26)44-38(47)28-11-6-3-7-12-28/h2-16,18-19,21,23,25,29H,17,20,22H2,1H3,(H,43,48)(H,44,47)(H,45,46)/b35-21-. The summed E-state index contributed by atoms with van der Waals surface area (Å²) in [6.45, 7) is 1.79. The third-order valence-corrected chi connectivity index (χ3v) is 10.6. The normalized spacial score (nSPS) is 14.5. The summed E-state index contributed by atoms with van der Waals surface area (Å²) >= 11 is 2.80. The van der Waals surface area contributed by atoms with Crippen LogP contribution in [-0.2, 0) is 22.4 Å². The summed E-state index contributed by atoms with van der Waals surface area (Å²) in [4.78, 5) is 41.7. The first-order valence-electron chi connectivity index (χ1n) is 16.1. The number of anilines is 2. The number of thiophene rings is 1. The average molecular weight is 701 g/mol. The Hall–Kier alpha value is -5.50. The number of amides is 3. The topological polar surface area (TPSA) is 111 Å². The smallest absolute Gasteiger partial charge is 0.272 e. The second-order valence-electron chi connectivity index (χ2n) is 11.8. The molecule has 2 atom stereocenters. The van der Waals surface area contributed by atoms with Gasteiger partial charge in [-0.1, -0.05) is 66.7 Å². The molecule has 6 rings (SSSR count). The lowest BCUT2D eigenvalue weighted by Gasteiger charge is -2.22. The van der Waals surface area contributed by atoms with E-state index in [9.17, 15) is 24.0 Å². The summed E-state index contributed by atoms with van der Waals surface area (Å²) in [5, 5.41) is 18.6. The molecular weight excluding hydrogens is 668 g/mol. The highest BCUT2D eigenvalue weighted by Gasteiger charge is 2.28. The number of carbonyl (C=O) groups is 3. The molecule has 50 heavy (non-hydrogen) atoms. The van der Waals surface area contributed by atoms with Crippen LogP contribution in [0.4, 0.5) is 15.1 Å². The lowest BCUT2D eigenvalue weighted by molar-refractivity contribution is -0.115. The van der Waals surface area contributed by atoms with Crippen molar-refractivity contribution in [3.8, 4) is 6.07 Å². The van der Waals surface area contributed by atoms with Gasteiger partial charge in [-0.3, -0.25) is 14.4 Å². The molecule has 0 bridgehead atoms. The maximum absolute atomic E-state index is 13.5. The van der Waals surface area contributed by atoms with E-state index in [0.29, 0.717) is 33.3 Å². The second-order valence-corrected chi connectivity index (χ2v) is 14.4. The van der Waals surface area contributed by atoms with Gasteiger partial charge in [0.2, 0.25) is 5.91 Å². The van der Waals surface area contributed by atoms with Crippen molar-refractivity contribution in [2.45, 2.75) is 42.2 Å². The van der Waals surface area contributed by atoms with Crippen molar-refractivity contribution < 1.29 is 18.8 Å². The van der Waals surface area contributed by atoms with Crippen molar-refractivity contribution >= 4 is 57.6 Å². The van der Waals surface area contributed by atoms with Gasteiger partial charge < -0.3 is 16.0 Å². The van der Waals surface area contributed by atoms with Gasteiger partial charge in [-0.25, -0.2) is 4.39 Å². The molecule has 0 fully saturated rings. The van der Waals surface area contributed by atoms with Crippen LogP contribution in [0, 0.1) is 17.1 Å². The van der Waals surface area contributed by atoms with Crippen molar-refractivity contribution in [3.63, 3.8) is 0 Å². The zero-order valence-corrected chi connectivity index (χ0v) is 28.7. The molecule has 1 aliphatic rings. The predicted octanol–water partition coefficient (Wildman–Crippen LogP) is 8.56. The monoisotopic (exact) mass is 700 g/mol. The fourth-order valence-electron chi connectivity index (χ4n) is 5.79. The summed E-state index contributed by atoms with van der Waals surface area (Å²) < 4.78 is 13.5. The minimum Gasteiger partial charge on any atom is -0.321 e. The van der Waals surface area contributed by atoms with Crippen LogP contribution in [0.1, 0.15) is 56.8 Å². The van der Waals surface area contributed by atoms with Crippen LogP contribution in [0.25, 0.3) is 6.08 Å². The average Bonchev–Trinajstić information content (AvgIpc) is 3.49. The Bertz CT molecular complexity index is 2090. The van der Waals surface area contributed by atoms with E-state index in [1.165, 1.54) is 59.0 Å². The Balaban J connectivity index is 1.12. The van der Waals surface area contributed by atoms with Gasteiger partial charge in [0, 0.05) is 21.0 Å². The fourth-order valence-corrected chi connectivity index (χ4v) is 7.99. The molecule has 0 radical (unpaired) electrons. The number of rotatable bonds is 10. The number of benzene rings is 4. The van der Waals surface area contributed by atoms with Crippen LogP contribution in [0.3, 0.4) is 0 Å². The van der Waals surface area contributed by atoms with Crippen molar-refractivity contribution in [2.75, 3.05) is 10.6 Å². The molecule has 1 aliphatic carbocycles. The third kappa shape index (κ3) is 8.37. The molecule has 0 saturated heterocycles. The Kier molecular flexibility index (Phi) is 10.9. The molecule has 1 heterocycles. The van der Waals surface area contributed by atoms with Crippen LogP contribution in [0.5, 0.6) is 0 Å². The summed E-state index contributed by atoms with van der Waals surface area (Å²) in [5.41, 5.74) is 4.20. The molecule has 250 valence electrons. The number of nitriles is 1. The molecule has 0 saturated carbocycles. The summed E-state index contributed by atoms with van der Waals surface area (Å²) in [7, 11) is 0. The Morgan fingerprint density at radius 3 is 2.38 bits per heavy atom. The van der Waals surface area contributed by atoms with Crippen LogP contribution < -0.4 is 16.0 Å². The SMILES string of the molecule is CC(Sc1cccc(NC(=O)/C(=C/c2ccc(F)cc2)NC(=O)c2ccccc2)c1)C(=O)Nc1sc2c(c1C#N)CCC(c1ccccc1)C2. The Morgan fingerprint density at radius 1 is 0.940 bits per heavy atom. The number of carbonyl (C=O) groups excluding carboxylic acids is 3. The number of halogens is 1. The van der Waals surface area contributed by atoms with E-state index >= 15 is 0 Å². The summed E-state index contributed by atoms with van der Waals surface area (Å²) in [6.07, 6.45) is 4.07.